The molecular weight excluding hydrogens is 318 g/mol. The minimum atomic E-state index is -0.293. The number of rotatable bonds is 2. The molecule has 130 valence electrons. The molecule has 1 aromatic heterocycles. The number of hydrogen-bond donors (Lipinski definition) is 1. The van der Waals surface area contributed by atoms with Crippen LogP contribution in [0.1, 0.15) is 52.3 Å². The van der Waals surface area contributed by atoms with Gasteiger partial charge in [-0.2, -0.15) is 0 Å². The monoisotopic (exact) mass is 339 g/mol. The van der Waals surface area contributed by atoms with Crippen LogP contribution >= 0.6 is 0 Å². The van der Waals surface area contributed by atoms with Gasteiger partial charge in [0.05, 0.1) is 12.6 Å². The Hall–Kier alpha value is -2.70. The largest absolute Gasteiger partial charge is 0.342 e. The second-order valence-electron chi connectivity index (χ2n) is 6.88. The van der Waals surface area contributed by atoms with E-state index in [-0.39, 0.29) is 29.2 Å². The molecule has 2 aliphatic rings. The average molecular weight is 339 g/mol. The lowest BCUT2D eigenvalue weighted by molar-refractivity contribution is 0.0683. The molecule has 1 fully saturated rings. The van der Waals surface area contributed by atoms with Gasteiger partial charge in [0.25, 0.3) is 11.8 Å². The highest BCUT2D eigenvalue weighted by molar-refractivity contribution is 6.05. The molecule has 2 aromatic rings. The van der Waals surface area contributed by atoms with E-state index in [0.29, 0.717) is 25.6 Å². The maximum absolute atomic E-state index is 12.8. The topological polar surface area (TPSA) is 80.1 Å². The fourth-order valence-corrected chi connectivity index (χ4v) is 3.49. The molecule has 0 radical (unpaired) electrons. The molecule has 1 saturated heterocycles. The summed E-state index contributed by atoms with van der Waals surface area (Å²) in [7, 11) is 0. The summed E-state index contributed by atoms with van der Waals surface area (Å²) >= 11 is 0. The molecule has 0 bridgehead atoms. The van der Waals surface area contributed by atoms with Crippen LogP contribution in [-0.2, 0) is 6.54 Å². The molecule has 2 amide bonds. The Morgan fingerprint density at radius 1 is 1.20 bits per heavy atom. The van der Waals surface area contributed by atoms with Gasteiger partial charge in [0.2, 0.25) is 0 Å². The van der Waals surface area contributed by atoms with Crippen LogP contribution in [0.3, 0.4) is 0 Å². The predicted molar refractivity (Wildman–Crippen MR) is 91.0 cm³/mol. The first-order chi connectivity index (χ1) is 12.1. The number of carbonyl (C=O) groups excluding carboxylic acids is 2. The zero-order chi connectivity index (χ0) is 17.4. The molecule has 0 aliphatic carbocycles. The molecular formula is C18H21N5O2. The highest BCUT2D eigenvalue weighted by Gasteiger charge is 2.34. The summed E-state index contributed by atoms with van der Waals surface area (Å²) in [6.07, 6.45) is 1.97. The molecule has 0 saturated carbocycles. The second kappa shape index (κ2) is 6.31. The smallest absolute Gasteiger partial charge is 0.276 e. The van der Waals surface area contributed by atoms with E-state index in [1.54, 1.807) is 9.58 Å². The van der Waals surface area contributed by atoms with Gasteiger partial charge in [0.15, 0.2) is 11.4 Å². The van der Waals surface area contributed by atoms with Crippen molar-refractivity contribution in [3.05, 3.63) is 47.3 Å². The van der Waals surface area contributed by atoms with E-state index in [4.69, 9.17) is 0 Å². The van der Waals surface area contributed by atoms with Gasteiger partial charge < -0.3 is 10.2 Å². The molecule has 1 aromatic carbocycles. The Morgan fingerprint density at radius 2 is 1.92 bits per heavy atom. The molecule has 0 unspecified atom stereocenters. The van der Waals surface area contributed by atoms with Crippen LogP contribution in [0.4, 0.5) is 0 Å². The van der Waals surface area contributed by atoms with Crippen LogP contribution in [0.25, 0.3) is 0 Å². The lowest BCUT2D eigenvalue weighted by atomic mass is 9.99. The Bertz CT molecular complexity index is 793. The fraction of sp³-hybridized carbons (Fsp3) is 0.444. The minimum absolute atomic E-state index is 0.165. The normalized spacial score (nSPS) is 20.9. The number of benzene rings is 1. The van der Waals surface area contributed by atoms with Crippen molar-refractivity contribution in [2.45, 2.75) is 32.4 Å². The van der Waals surface area contributed by atoms with Crippen LogP contribution in [-0.4, -0.2) is 44.8 Å². The van der Waals surface area contributed by atoms with E-state index >= 15 is 0 Å². The van der Waals surface area contributed by atoms with Gasteiger partial charge >= 0.3 is 0 Å². The highest BCUT2D eigenvalue weighted by atomic mass is 16.2. The minimum Gasteiger partial charge on any atom is -0.342 e. The quantitative estimate of drug-likeness (QED) is 0.902. The van der Waals surface area contributed by atoms with Gasteiger partial charge in [0.1, 0.15) is 0 Å². The van der Waals surface area contributed by atoms with Gasteiger partial charge in [-0.25, -0.2) is 4.68 Å². The van der Waals surface area contributed by atoms with Crippen molar-refractivity contribution in [1.29, 1.82) is 0 Å². The number of fused-ring (bicyclic) bond motifs is 1. The first-order valence-corrected chi connectivity index (χ1v) is 8.72. The lowest BCUT2D eigenvalue weighted by Crippen LogP contribution is -2.42. The number of amides is 2. The molecule has 1 atom stereocenters. The van der Waals surface area contributed by atoms with Crippen molar-refractivity contribution in [2.75, 3.05) is 13.1 Å². The number of likely N-dealkylation sites (tertiary alicyclic amines) is 1. The van der Waals surface area contributed by atoms with Crippen molar-refractivity contribution >= 4 is 11.8 Å². The van der Waals surface area contributed by atoms with Gasteiger partial charge in [-0.3, -0.25) is 9.59 Å². The van der Waals surface area contributed by atoms with E-state index in [9.17, 15) is 9.59 Å². The van der Waals surface area contributed by atoms with E-state index in [1.165, 1.54) is 0 Å². The molecule has 2 aliphatic heterocycles. The summed E-state index contributed by atoms with van der Waals surface area (Å²) in [5, 5.41) is 11.1. The standard InChI is InChI=1S/C18H21N5O2/c1-12-7-9-22(10-8-12)18(25)15-16-17(24)19-14(11-23(16)21-20-15)13-5-3-2-4-6-13/h2-6,12,14H,7-11H2,1H3,(H,19,24)/t14-/m1/s1. The Kier molecular flexibility index (Phi) is 3.99. The summed E-state index contributed by atoms with van der Waals surface area (Å²) in [4.78, 5) is 27.2. The van der Waals surface area contributed by atoms with Gasteiger partial charge in [-0.05, 0) is 24.3 Å². The first-order valence-electron chi connectivity index (χ1n) is 8.72. The number of nitrogens with zero attached hydrogens (tertiary/aromatic N) is 4. The molecule has 7 heteroatoms. The highest BCUT2D eigenvalue weighted by Crippen LogP contribution is 2.23. The number of aromatic nitrogens is 3. The number of nitrogens with one attached hydrogen (secondary N) is 1. The van der Waals surface area contributed by atoms with E-state index < -0.39 is 0 Å². The van der Waals surface area contributed by atoms with Crippen LogP contribution in [0.5, 0.6) is 0 Å². The third-order valence-corrected chi connectivity index (χ3v) is 5.09. The number of carbonyl (C=O) groups is 2. The summed E-state index contributed by atoms with van der Waals surface area (Å²) < 4.78 is 1.55. The van der Waals surface area contributed by atoms with E-state index in [1.807, 2.05) is 30.3 Å². The SMILES string of the molecule is CC1CCN(C(=O)c2nnn3c2C(=O)N[C@@H](c2ccccc2)C3)CC1. The Labute approximate surface area is 146 Å². The van der Waals surface area contributed by atoms with Gasteiger partial charge in [-0.15, -0.1) is 5.10 Å². The summed E-state index contributed by atoms with van der Waals surface area (Å²) in [6, 6.07) is 9.57. The fourth-order valence-electron chi connectivity index (χ4n) is 3.49. The maximum Gasteiger partial charge on any atom is 0.276 e. The number of piperidine rings is 1. The first kappa shape index (κ1) is 15.8. The zero-order valence-electron chi connectivity index (χ0n) is 14.2. The molecule has 3 heterocycles. The van der Waals surface area contributed by atoms with Crippen LogP contribution in [0.15, 0.2) is 30.3 Å². The Morgan fingerprint density at radius 3 is 2.64 bits per heavy atom. The van der Waals surface area contributed by atoms with Crippen molar-refractivity contribution in [3.63, 3.8) is 0 Å². The molecule has 4 rings (SSSR count). The average Bonchev–Trinajstić information content (AvgIpc) is 3.07. The molecule has 0 spiro atoms. The van der Waals surface area contributed by atoms with Crippen molar-refractivity contribution in [2.24, 2.45) is 5.92 Å². The Balaban J connectivity index is 1.58. The molecule has 1 N–H and O–H groups in total. The predicted octanol–water partition coefficient (Wildman–Crippen LogP) is 1.63. The lowest BCUT2D eigenvalue weighted by Gasteiger charge is -2.30. The summed E-state index contributed by atoms with van der Waals surface area (Å²) in [5.74, 6) is 0.147. The van der Waals surface area contributed by atoms with Gasteiger partial charge in [-0.1, -0.05) is 42.5 Å². The summed E-state index contributed by atoms with van der Waals surface area (Å²) in [6.45, 7) is 4.09. The van der Waals surface area contributed by atoms with Crippen LogP contribution in [0.2, 0.25) is 0 Å². The van der Waals surface area contributed by atoms with Crippen molar-refractivity contribution in [3.8, 4) is 0 Å². The van der Waals surface area contributed by atoms with Crippen molar-refractivity contribution < 1.29 is 9.59 Å². The number of hydrogen-bond acceptors (Lipinski definition) is 4. The summed E-state index contributed by atoms with van der Waals surface area (Å²) in [5.41, 5.74) is 1.45. The zero-order valence-corrected chi connectivity index (χ0v) is 14.2. The maximum atomic E-state index is 12.8. The third kappa shape index (κ3) is 2.90. The van der Waals surface area contributed by atoms with E-state index in [2.05, 4.69) is 22.6 Å². The van der Waals surface area contributed by atoms with E-state index in [0.717, 1.165) is 18.4 Å². The second-order valence-corrected chi connectivity index (χ2v) is 6.88. The molecule has 25 heavy (non-hydrogen) atoms. The van der Waals surface area contributed by atoms with Crippen molar-refractivity contribution in [1.82, 2.24) is 25.2 Å². The van der Waals surface area contributed by atoms with Crippen LogP contribution in [0, 0.1) is 5.92 Å². The van der Waals surface area contributed by atoms with Gasteiger partial charge in [0, 0.05) is 13.1 Å². The molecule has 7 nitrogen and oxygen atoms in total. The third-order valence-electron chi connectivity index (χ3n) is 5.09. The van der Waals surface area contributed by atoms with Crippen LogP contribution < -0.4 is 5.32 Å².